The van der Waals surface area contributed by atoms with E-state index in [-0.39, 0.29) is 11.6 Å². The number of rotatable bonds is 4. The lowest BCUT2D eigenvalue weighted by Crippen LogP contribution is -2.06. The van der Waals surface area contributed by atoms with Gasteiger partial charge in [0.25, 0.3) is 0 Å². The number of nitrogens with zero attached hydrogens (tertiary/aromatic N) is 2. The van der Waals surface area contributed by atoms with Crippen molar-refractivity contribution < 1.29 is 14.7 Å². The van der Waals surface area contributed by atoms with E-state index < -0.39 is 5.97 Å². The summed E-state index contributed by atoms with van der Waals surface area (Å²) in [4.78, 5) is 29.4. The van der Waals surface area contributed by atoms with Crippen molar-refractivity contribution in [3.05, 3.63) is 42.4 Å². The molecule has 0 aliphatic heterocycles. The first-order valence-electron chi connectivity index (χ1n) is 5.74. The van der Waals surface area contributed by atoms with E-state index in [4.69, 9.17) is 5.11 Å². The van der Waals surface area contributed by atoms with Crippen molar-refractivity contribution in [2.45, 2.75) is 6.92 Å². The number of anilines is 3. The molecule has 102 valence electrons. The summed E-state index contributed by atoms with van der Waals surface area (Å²) in [5.74, 6) is -0.933. The molecule has 7 heteroatoms. The lowest BCUT2D eigenvalue weighted by molar-refractivity contribution is -0.114. The first kappa shape index (κ1) is 13.5. The van der Waals surface area contributed by atoms with Gasteiger partial charge in [0.1, 0.15) is 12.1 Å². The molecular weight excluding hydrogens is 260 g/mol. The van der Waals surface area contributed by atoms with Crippen molar-refractivity contribution in [2.24, 2.45) is 0 Å². The van der Waals surface area contributed by atoms with E-state index in [1.165, 1.54) is 19.3 Å². The Bertz CT molecular complexity index is 658. The van der Waals surface area contributed by atoms with Crippen LogP contribution in [-0.2, 0) is 4.79 Å². The number of carbonyl (C=O) groups is 2. The third kappa shape index (κ3) is 3.52. The molecule has 1 aromatic heterocycles. The molecule has 0 radical (unpaired) electrons. The largest absolute Gasteiger partial charge is 0.477 e. The first-order chi connectivity index (χ1) is 9.54. The van der Waals surface area contributed by atoms with E-state index in [0.29, 0.717) is 17.2 Å². The number of carbonyl (C=O) groups excluding carboxylic acids is 1. The van der Waals surface area contributed by atoms with Crippen LogP contribution in [0.4, 0.5) is 17.2 Å². The van der Waals surface area contributed by atoms with Crippen molar-refractivity contribution in [3.8, 4) is 0 Å². The van der Waals surface area contributed by atoms with Gasteiger partial charge in [-0.3, -0.25) is 4.79 Å². The van der Waals surface area contributed by atoms with Gasteiger partial charge < -0.3 is 15.7 Å². The molecule has 0 atom stereocenters. The Hall–Kier alpha value is -2.96. The minimum absolute atomic E-state index is 0.0967. The molecule has 7 nitrogen and oxygen atoms in total. The minimum Gasteiger partial charge on any atom is -0.477 e. The zero-order chi connectivity index (χ0) is 14.5. The van der Waals surface area contributed by atoms with Crippen molar-refractivity contribution in [3.63, 3.8) is 0 Å². The summed E-state index contributed by atoms with van der Waals surface area (Å²) in [5, 5.41) is 14.5. The molecule has 0 saturated heterocycles. The van der Waals surface area contributed by atoms with Crippen molar-refractivity contribution in [1.29, 1.82) is 0 Å². The maximum Gasteiger partial charge on any atom is 0.354 e. The second-order valence-corrected chi connectivity index (χ2v) is 3.98. The maximum absolute atomic E-state index is 11.0. The van der Waals surface area contributed by atoms with Crippen LogP contribution >= 0.6 is 0 Å². The fraction of sp³-hybridized carbons (Fsp3) is 0.0769. The number of amides is 1. The van der Waals surface area contributed by atoms with E-state index >= 15 is 0 Å². The van der Waals surface area contributed by atoms with Gasteiger partial charge in [0.05, 0.1) is 0 Å². The van der Waals surface area contributed by atoms with E-state index in [1.54, 1.807) is 24.3 Å². The van der Waals surface area contributed by atoms with Crippen LogP contribution in [0, 0.1) is 0 Å². The predicted octanol–water partition coefficient (Wildman–Crippen LogP) is 1.88. The topological polar surface area (TPSA) is 104 Å². The molecule has 1 amide bonds. The van der Waals surface area contributed by atoms with Crippen LogP contribution in [0.2, 0.25) is 0 Å². The molecule has 1 aromatic carbocycles. The van der Waals surface area contributed by atoms with Crippen LogP contribution in [0.5, 0.6) is 0 Å². The number of hydrogen-bond acceptors (Lipinski definition) is 5. The zero-order valence-corrected chi connectivity index (χ0v) is 10.6. The van der Waals surface area contributed by atoms with Gasteiger partial charge in [-0.15, -0.1) is 0 Å². The van der Waals surface area contributed by atoms with Crippen molar-refractivity contribution in [2.75, 3.05) is 10.6 Å². The van der Waals surface area contributed by atoms with Gasteiger partial charge in [-0.25, -0.2) is 14.8 Å². The Morgan fingerprint density at radius 2 is 1.90 bits per heavy atom. The Morgan fingerprint density at radius 1 is 1.15 bits per heavy atom. The second-order valence-electron chi connectivity index (χ2n) is 3.98. The van der Waals surface area contributed by atoms with E-state index in [0.717, 1.165) is 0 Å². The fourth-order valence-electron chi connectivity index (χ4n) is 1.57. The standard InChI is InChI=1S/C13H12N4O3/c1-8(18)16-9-3-2-4-10(5-9)17-12-6-11(13(19)20)14-7-15-12/h2-7H,1H3,(H,16,18)(H,19,20)(H,14,15,17). The predicted molar refractivity (Wildman–Crippen MR) is 73.0 cm³/mol. The highest BCUT2D eigenvalue weighted by molar-refractivity contribution is 5.89. The smallest absolute Gasteiger partial charge is 0.354 e. The van der Waals surface area contributed by atoms with Gasteiger partial charge in [-0.1, -0.05) is 6.07 Å². The average Bonchev–Trinajstić information content (AvgIpc) is 2.38. The summed E-state index contributed by atoms with van der Waals surface area (Å²) in [6, 6.07) is 8.31. The monoisotopic (exact) mass is 272 g/mol. The van der Waals surface area contributed by atoms with Crippen molar-refractivity contribution in [1.82, 2.24) is 9.97 Å². The number of carboxylic acid groups (broad SMARTS) is 1. The summed E-state index contributed by atoms with van der Waals surface area (Å²) in [7, 11) is 0. The SMILES string of the molecule is CC(=O)Nc1cccc(Nc2cc(C(=O)O)ncn2)c1. The third-order valence-electron chi connectivity index (χ3n) is 2.34. The molecule has 0 aliphatic rings. The Kier molecular flexibility index (Phi) is 3.90. The van der Waals surface area contributed by atoms with Crippen LogP contribution in [0.1, 0.15) is 17.4 Å². The van der Waals surface area contributed by atoms with Crippen LogP contribution in [-0.4, -0.2) is 27.0 Å². The highest BCUT2D eigenvalue weighted by Gasteiger charge is 2.06. The maximum atomic E-state index is 11.0. The van der Waals surface area contributed by atoms with Crippen LogP contribution < -0.4 is 10.6 Å². The lowest BCUT2D eigenvalue weighted by Gasteiger charge is -2.08. The summed E-state index contributed by atoms with van der Waals surface area (Å²) in [5.41, 5.74) is 1.21. The molecule has 2 rings (SSSR count). The Morgan fingerprint density at radius 3 is 2.60 bits per heavy atom. The highest BCUT2D eigenvalue weighted by Crippen LogP contribution is 2.19. The molecule has 1 heterocycles. The minimum atomic E-state index is -1.12. The lowest BCUT2D eigenvalue weighted by atomic mass is 10.2. The molecule has 0 unspecified atom stereocenters. The normalized spacial score (nSPS) is 9.85. The number of hydrogen-bond donors (Lipinski definition) is 3. The summed E-state index contributed by atoms with van der Waals surface area (Å²) >= 11 is 0. The van der Waals surface area contributed by atoms with Gasteiger partial charge in [-0.05, 0) is 18.2 Å². The number of aromatic carboxylic acids is 1. The third-order valence-corrected chi connectivity index (χ3v) is 2.34. The molecule has 0 spiro atoms. The summed E-state index contributed by atoms with van der Waals surface area (Å²) < 4.78 is 0. The van der Waals surface area contributed by atoms with E-state index in [9.17, 15) is 9.59 Å². The fourth-order valence-corrected chi connectivity index (χ4v) is 1.57. The van der Waals surface area contributed by atoms with Crippen LogP contribution in [0.25, 0.3) is 0 Å². The summed E-state index contributed by atoms with van der Waals surface area (Å²) in [6.45, 7) is 1.42. The second kappa shape index (κ2) is 5.79. The number of aromatic nitrogens is 2. The number of carboxylic acids is 1. The first-order valence-corrected chi connectivity index (χ1v) is 5.74. The molecule has 2 aromatic rings. The van der Waals surface area contributed by atoms with Gasteiger partial charge >= 0.3 is 5.97 Å². The van der Waals surface area contributed by atoms with E-state index in [2.05, 4.69) is 20.6 Å². The van der Waals surface area contributed by atoms with Crippen LogP contribution in [0.15, 0.2) is 36.7 Å². The molecule has 0 fully saturated rings. The Balaban J connectivity index is 2.19. The van der Waals surface area contributed by atoms with Gasteiger partial charge in [0.2, 0.25) is 5.91 Å². The average molecular weight is 272 g/mol. The summed E-state index contributed by atoms with van der Waals surface area (Å²) in [6.07, 6.45) is 1.17. The zero-order valence-electron chi connectivity index (χ0n) is 10.6. The molecule has 0 aliphatic carbocycles. The molecule has 0 bridgehead atoms. The molecule has 20 heavy (non-hydrogen) atoms. The number of benzene rings is 1. The number of nitrogens with one attached hydrogen (secondary N) is 2. The molecular formula is C13H12N4O3. The van der Waals surface area contributed by atoms with Gasteiger partial charge in [-0.2, -0.15) is 0 Å². The van der Waals surface area contributed by atoms with Crippen LogP contribution in [0.3, 0.4) is 0 Å². The molecule has 0 saturated carbocycles. The van der Waals surface area contributed by atoms with Crippen molar-refractivity contribution >= 4 is 29.1 Å². The molecule has 3 N–H and O–H groups in total. The Labute approximate surface area is 114 Å². The van der Waals surface area contributed by atoms with E-state index in [1.807, 2.05) is 0 Å². The van der Waals surface area contributed by atoms with Gasteiger partial charge in [0.15, 0.2) is 5.69 Å². The van der Waals surface area contributed by atoms with Gasteiger partial charge in [0, 0.05) is 24.4 Å². The quantitative estimate of drug-likeness (QED) is 0.785. The highest BCUT2D eigenvalue weighted by atomic mass is 16.4.